The Balaban J connectivity index is 1.25. The lowest BCUT2D eigenvalue weighted by atomic mass is 9.97. The van der Waals surface area contributed by atoms with Crippen molar-refractivity contribution in [2.45, 2.75) is 19.4 Å². The Kier molecular flexibility index (Phi) is 5.33. The molecule has 1 aromatic carbocycles. The van der Waals surface area contributed by atoms with E-state index in [1.807, 2.05) is 24.4 Å². The summed E-state index contributed by atoms with van der Waals surface area (Å²) in [5.74, 6) is -0.298. The van der Waals surface area contributed by atoms with Crippen molar-refractivity contribution >= 4 is 27.3 Å². The van der Waals surface area contributed by atoms with Gasteiger partial charge in [-0.15, -0.1) is 5.10 Å². The number of nitrogens with one attached hydrogen (secondary N) is 1. The first-order valence-electron chi connectivity index (χ1n) is 10.2. The summed E-state index contributed by atoms with van der Waals surface area (Å²) in [5.41, 5.74) is 2.46. The van der Waals surface area contributed by atoms with E-state index in [1.54, 1.807) is 22.8 Å². The molecule has 9 heteroatoms. The van der Waals surface area contributed by atoms with Crippen LogP contribution in [-0.4, -0.2) is 38.6 Å². The minimum atomic E-state index is -0.270. The van der Waals surface area contributed by atoms with E-state index in [1.165, 1.54) is 23.5 Å². The maximum Gasteiger partial charge on any atom is 0.225 e. The van der Waals surface area contributed by atoms with Gasteiger partial charge in [0.25, 0.3) is 0 Å². The van der Waals surface area contributed by atoms with Crippen LogP contribution in [0, 0.1) is 11.7 Å². The SMILES string of the molecule is O=C(NCc1ccccn1)[C@@H]1CCCN(c2nn3cc(-c4ccc(F)cc4)nc3s2)C1. The van der Waals surface area contributed by atoms with Crippen molar-refractivity contribution < 1.29 is 9.18 Å². The second kappa shape index (κ2) is 8.43. The molecule has 0 radical (unpaired) electrons. The number of carbonyl (C=O) groups excluding carboxylic acids is 1. The van der Waals surface area contributed by atoms with Crippen LogP contribution < -0.4 is 10.2 Å². The van der Waals surface area contributed by atoms with Gasteiger partial charge in [0.2, 0.25) is 16.0 Å². The number of halogens is 1. The quantitative estimate of drug-likeness (QED) is 0.518. The molecule has 7 nitrogen and oxygen atoms in total. The molecule has 1 aliphatic rings. The van der Waals surface area contributed by atoms with Gasteiger partial charge in [-0.05, 0) is 49.2 Å². The molecule has 0 saturated carbocycles. The molecular formula is C22H21FN6OS. The third-order valence-corrected chi connectivity index (χ3v) is 6.39. The number of anilines is 1. The van der Waals surface area contributed by atoms with Gasteiger partial charge in [-0.25, -0.2) is 13.9 Å². The lowest BCUT2D eigenvalue weighted by Crippen LogP contribution is -2.43. The molecule has 4 aromatic rings. The second-order valence-corrected chi connectivity index (χ2v) is 8.50. The van der Waals surface area contributed by atoms with E-state index in [4.69, 9.17) is 0 Å². The number of amides is 1. The zero-order valence-corrected chi connectivity index (χ0v) is 17.6. The number of rotatable bonds is 5. The maximum atomic E-state index is 13.2. The fourth-order valence-electron chi connectivity index (χ4n) is 3.77. The molecule has 1 N–H and O–H groups in total. The first-order valence-corrected chi connectivity index (χ1v) is 11.0. The van der Waals surface area contributed by atoms with Crippen molar-refractivity contribution in [1.82, 2.24) is 24.9 Å². The molecule has 0 aliphatic carbocycles. The van der Waals surface area contributed by atoms with Crippen LogP contribution in [0.3, 0.4) is 0 Å². The van der Waals surface area contributed by atoms with Gasteiger partial charge >= 0.3 is 0 Å². The Bertz CT molecular complexity index is 1160. The largest absolute Gasteiger partial charge is 0.350 e. The first kappa shape index (κ1) is 19.6. The summed E-state index contributed by atoms with van der Waals surface area (Å²) in [6, 6.07) is 11.9. The number of nitrogens with zero attached hydrogens (tertiary/aromatic N) is 5. The summed E-state index contributed by atoms with van der Waals surface area (Å²) in [6.07, 6.45) is 5.37. The van der Waals surface area contributed by atoms with Crippen LogP contribution >= 0.6 is 11.3 Å². The Morgan fingerprint density at radius 2 is 2.10 bits per heavy atom. The molecule has 1 fully saturated rings. The summed E-state index contributed by atoms with van der Waals surface area (Å²) in [4.78, 5) is 24.5. The fraction of sp³-hybridized carbons (Fsp3) is 0.273. The van der Waals surface area contributed by atoms with Gasteiger partial charge in [-0.1, -0.05) is 17.4 Å². The average Bonchev–Trinajstić information content (AvgIpc) is 3.38. The number of fused-ring (bicyclic) bond motifs is 1. The maximum absolute atomic E-state index is 13.2. The summed E-state index contributed by atoms with van der Waals surface area (Å²) < 4.78 is 14.9. The van der Waals surface area contributed by atoms with Crippen LogP contribution in [-0.2, 0) is 11.3 Å². The molecule has 0 spiro atoms. The van der Waals surface area contributed by atoms with Crippen LogP contribution in [0.4, 0.5) is 9.52 Å². The number of aromatic nitrogens is 4. The van der Waals surface area contributed by atoms with Crippen LogP contribution in [0.2, 0.25) is 0 Å². The molecule has 0 unspecified atom stereocenters. The number of piperidine rings is 1. The van der Waals surface area contributed by atoms with E-state index < -0.39 is 0 Å². The van der Waals surface area contributed by atoms with Crippen molar-refractivity contribution in [3.63, 3.8) is 0 Å². The summed E-state index contributed by atoms with van der Waals surface area (Å²) in [7, 11) is 0. The Hall–Kier alpha value is -3.33. The lowest BCUT2D eigenvalue weighted by Gasteiger charge is -2.31. The predicted octanol–water partition coefficient (Wildman–Crippen LogP) is 3.52. The number of imidazole rings is 1. The molecule has 1 saturated heterocycles. The normalized spacial score (nSPS) is 16.5. The molecule has 5 rings (SSSR count). The summed E-state index contributed by atoms with van der Waals surface area (Å²) in [6.45, 7) is 1.94. The highest BCUT2D eigenvalue weighted by molar-refractivity contribution is 7.20. The zero-order chi connectivity index (χ0) is 21.2. The highest BCUT2D eigenvalue weighted by Gasteiger charge is 2.28. The molecule has 1 atom stereocenters. The zero-order valence-electron chi connectivity index (χ0n) is 16.7. The number of hydrogen-bond donors (Lipinski definition) is 1. The standard InChI is InChI=1S/C22H21FN6OS/c23-17-8-6-15(7-9-17)19-14-29-21(26-19)31-22(27-29)28-11-3-4-16(13-28)20(30)25-12-18-5-1-2-10-24-18/h1-2,5-10,14,16H,3-4,11-13H2,(H,25,30)/t16-/m1/s1. The number of carbonyl (C=O) groups is 1. The predicted molar refractivity (Wildman–Crippen MR) is 117 cm³/mol. The Labute approximate surface area is 182 Å². The Morgan fingerprint density at radius 3 is 2.87 bits per heavy atom. The summed E-state index contributed by atoms with van der Waals surface area (Å²) in [5, 5.41) is 8.53. The molecule has 4 heterocycles. The molecule has 0 bridgehead atoms. The van der Waals surface area contributed by atoms with Crippen LogP contribution in [0.15, 0.2) is 54.9 Å². The van der Waals surface area contributed by atoms with Gasteiger partial charge in [0.05, 0.1) is 30.0 Å². The van der Waals surface area contributed by atoms with E-state index in [-0.39, 0.29) is 17.6 Å². The lowest BCUT2D eigenvalue weighted by molar-refractivity contribution is -0.125. The second-order valence-electron chi connectivity index (χ2n) is 7.57. The monoisotopic (exact) mass is 436 g/mol. The van der Waals surface area contributed by atoms with Gasteiger partial charge in [0.15, 0.2) is 0 Å². The van der Waals surface area contributed by atoms with E-state index in [0.29, 0.717) is 13.1 Å². The molecule has 31 heavy (non-hydrogen) atoms. The van der Waals surface area contributed by atoms with E-state index >= 15 is 0 Å². The van der Waals surface area contributed by atoms with Crippen molar-refractivity contribution in [2.75, 3.05) is 18.0 Å². The third-order valence-electron chi connectivity index (χ3n) is 5.41. The van der Waals surface area contributed by atoms with Gasteiger partial charge in [0.1, 0.15) is 5.82 Å². The minimum absolute atomic E-state index is 0.0512. The van der Waals surface area contributed by atoms with E-state index in [9.17, 15) is 9.18 Å². The molecule has 1 amide bonds. The van der Waals surface area contributed by atoms with Crippen molar-refractivity contribution in [1.29, 1.82) is 0 Å². The summed E-state index contributed by atoms with van der Waals surface area (Å²) >= 11 is 1.50. The van der Waals surface area contributed by atoms with E-state index in [0.717, 1.165) is 46.4 Å². The minimum Gasteiger partial charge on any atom is -0.350 e. The fourth-order valence-corrected chi connectivity index (χ4v) is 4.68. The first-order chi connectivity index (χ1) is 15.2. The average molecular weight is 437 g/mol. The van der Waals surface area contributed by atoms with Crippen LogP contribution in [0.25, 0.3) is 16.2 Å². The third kappa shape index (κ3) is 4.27. The molecule has 3 aromatic heterocycles. The highest BCUT2D eigenvalue weighted by atomic mass is 32.1. The topological polar surface area (TPSA) is 75.4 Å². The van der Waals surface area contributed by atoms with Crippen LogP contribution in [0.5, 0.6) is 0 Å². The smallest absolute Gasteiger partial charge is 0.225 e. The van der Waals surface area contributed by atoms with Crippen LogP contribution in [0.1, 0.15) is 18.5 Å². The highest BCUT2D eigenvalue weighted by Crippen LogP contribution is 2.29. The number of hydrogen-bond acceptors (Lipinski definition) is 6. The van der Waals surface area contributed by atoms with Crippen molar-refractivity contribution in [2.24, 2.45) is 5.92 Å². The van der Waals surface area contributed by atoms with Gasteiger partial charge < -0.3 is 10.2 Å². The number of pyridine rings is 1. The van der Waals surface area contributed by atoms with E-state index in [2.05, 4.69) is 25.3 Å². The number of benzene rings is 1. The molecule has 1 aliphatic heterocycles. The van der Waals surface area contributed by atoms with Gasteiger partial charge in [0, 0.05) is 24.8 Å². The molecule has 158 valence electrons. The van der Waals surface area contributed by atoms with Gasteiger partial charge in [-0.3, -0.25) is 9.78 Å². The molecular weight excluding hydrogens is 415 g/mol. The van der Waals surface area contributed by atoms with Crippen molar-refractivity contribution in [3.05, 3.63) is 66.4 Å². The Morgan fingerprint density at radius 1 is 1.23 bits per heavy atom. The van der Waals surface area contributed by atoms with Gasteiger partial charge in [-0.2, -0.15) is 0 Å². The van der Waals surface area contributed by atoms with Crippen molar-refractivity contribution in [3.8, 4) is 11.3 Å².